The number of para-hydroxylation sites is 1. The normalized spacial score (nSPS) is 14.5. The van der Waals surface area contributed by atoms with Gasteiger partial charge in [0.2, 0.25) is 5.95 Å². The number of nitrogen functional groups attached to an aromatic ring is 1. The zero-order valence-electron chi connectivity index (χ0n) is 11.4. The lowest BCUT2D eigenvalue weighted by atomic mass is 10.2. The van der Waals surface area contributed by atoms with Crippen molar-refractivity contribution >= 4 is 27.8 Å². The van der Waals surface area contributed by atoms with Crippen LogP contribution in [0.25, 0.3) is 11.0 Å². The van der Waals surface area contributed by atoms with E-state index in [0.717, 1.165) is 17.5 Å². The van der Waals surface area contributed by atoms with Crippen molar-refractivity contribution in [2.75, 3.05) is 24.9 Å². The van der Waals surface area contributed by atoms with E-state index in [-0.39, 0.29) is 6.04 Å². The first-order valence-corrected chi connectivity index (χ1v) is 7.87. The van der Waals surface area contributed by atoms with Crippen LogP contribution in [0, 0.1) is 0 Å². The maximum absolute atomic E-state index is 11.2. The molecule has 6 heteroatoms. The van der Waals surface area contributed by atoms with Gasteiger partial charge in [-0.25, -0.2) is 4.98 Å². The molecule has 0 radical (unpaired) electrons. The van der Waals surface area contributed by atoms with Crippen molar-refractivity contribution in [3.05, 3.63) is 18.2 Å². The van der Waals surface area contributed by atoms with Crippen LogP contribution in [0.15, 0.2) is 18.2 Å². The summed E-state index contributed by atoms with van der Waals surface area (Å²) in [6.45, 7) is 2.06. The fourth-order valence-corrected chi connectivity index (χ4v) is 2.88. The first kappa shape index (κ1) is 13.9. The van der Waals surface area contributed by atoms with Gasteiger partial charge in [-0.3, -0.25) is 4.21 Å². The average molecular weight is 281 g/mol. The molecule has 0 saturated heterocycles. The van der Waals surface area contributed by atoms with Gasteiger partial charge >= 0.3 is 0 Å². The fourth-order valence-electron chi connectivity index (χ4n) is 2.20. The summed E-state index contributed by atoms with van der Waals surface area (Å²) in [4.78, 5) is 4.37. The van der Waals surface area contributed by atoms with Gasteiger partial charge in [-0.2, -0.15) is 0 Å². The molecule has 2 unspecified atom stereocenters. The van der Waals surface area contributed by atoms with Crippen molar-refractivity contribution in [2.24, 2.45) is 0 Å². The lowest BCUT2D eigenvalue weighted by molar-refractivity contribution is 0.419. The minimum absolute atomic E-state index is 0.154. The molecule has 0 aliphatic rings. The van der Waals surface area contributed by atoms with Gasteiger partial charge in [0.25, 0.3) is 0 Å². The highest BCUT2D eigenvalue weighted by Gasteiger charge is 2.16. The molecule has 2 aromatic rings. The maximum Gasteiger partial charge on any atom is 0.201 e. The Morgan fingerprint density at radius 3 is 2.89 bits per heavy atom. The molecule has 2 N–H and O–H groups in total. The van der Waals surface area contributed by atoms with Crippen molar-refractivity contribution in [1.82, 2.24) is 9.55 Å². The summed E-state index contributed by atoms with van der Waals surface area (Å²) in [5.41, 5.74) is 7.73. The zero-order chi connectivity index (χ0) is 14.0. The highest BCUT2D eigenvalue weighted by molar-refractivity contribution is 7.84. The zero-order valence-corrected chi connectivity index (χ0v) is 12.2. The molecular formula is C13H19N3O2S. The van der Waals surface area contributed by atoms with Crippen molar-refractivity contribution < 1.29 is 8.95 Å². The van der Waals surface area contributed by atoms with Crippen LogP contribution in [0.3, 0.4) is 0 Å². The predicted octanol–water partition coefficient (Wildman–Crippen LogP) is 1.96. The summed E-state index contributed by atoms with van der Waals surface area (Å²) in [6.07, 6.45) is 2.51. The number of anilines is 1. The average Bonchev–Trinajstić information content (AvgIpc) is 2.71. The number of fused-ring (bicyclic) bond motifs is 1. The van der Waals surface area contributed by atoms with Gasteiger partial charge in [0.15, 0.2) is 0 Å². The van der Waals surface area contributed by atoms with E-state index in [2.05, 4.69) is 11.9 Å². The van der Waals surface area contributed by atoms with Crippen molar-refractivity contribution in [1.29, 1.82) is 0 Å². The van der Waals surface area contributed by atoms with E-state index in [1.54, 1.807) is 13.4 Å². The van der Waals surface area contributed by atoms with Gasteiger partial charge in [-0.15, -0.1) is 0 Å². The lowest BCUT2D eigenvalue weighted by Gasteiger charge is -2.15. The van der Waals surface area contributed by atoms with E-state index in [4.69, 9.17) is 10.5 Å². The quantitative estimate of drug-likeness (QED) is 0.909. The van der Waals surface area contributed by atoms with E-state index in [1.807, 2.05) is 22.8 Å². The Morgan fingerprint density at radius 1 is 1.53 bits per heavy atom. The molecule has 2 rings (SSSR count). The number of rotatable bonds is 5. The van der Waals surface area contributed by atoms with E-state index >= 15 is 0 Å². The molecule has 5 nitrogen and oxygen atoms in total. The summed E-state index contributed by atoms with van der Waals surface area (Å²) in [5.74, 6) is 1.84. The lowest BCUT2D eigenvalue weighted by Crippen LogP contribution is -2.11. The smallest absolute Gasteiger partial charge is 0.201 e. The standard InChI is InChI=1S/C13H19N3O2S/c1-9(7-8-19(3)17)16-10-5-4-6-11(18-2)12(10)15-13(16)14/h4-6,9H,7-8H2,1-3H3,(H2,14,15). The van der Waals surface area contributed by atoms with E-state index < -0.39 is 10.8 Å². The summed E-state index contributed by atoms with van der Waals surface area (Å²) in [6, 6.07) is 5.91. The number of imidazole rings is 1. The van der Waals surface area contributed by atoms with Crippen LogP contribution in [-0.2, 0) is 10.8 Å². The Balaban J connectivity index is 2.42. The summed E-state index contributed by atoms with van der Waals surface area (Å²) in [5, 5.41) is 0. The number of aromatic nitrogens is 2. The molecule has 104 valence electrons. The van der Waals surface area contributed by atoms with E-state index in [1.165, 1.54) is 0 Å². The number of nitrogens with two attached hydrogens (primary N) is 1. The number of hydrogen-bond acceptors (Lipinski definition) is 4. The molecule has 0 amide bonds. The monoisotopic (exact) mass is 281 g/mol. The van der Waals surface area contributed by atoms with Crippen molar-refractivity contribution in [3.8, 4) is 5.75 Å². The van der Waals surface area contributed by atoms with Gasteiger partial charge in [-0.1, -0.05) is 6.07 Å². The second-order valence-corrected chi connectivity index (χ2v) is 6.14. The molecule has 19 heavy (non-hydrogen) atoms. The number of benzene rings is 1. The molecule has 1 aromatic heterocycles. The van der Waals surface area contributed by atoms with Crippen LogP contribution < -0.4 is 10.5 Å². The van der Waals surface area contributed by atoms with E-state index in [9.17, 15) is 4.21 Å². The fraction of sp³-hybridized carbons (Fsp3) is 0.462. The summed E-state index contributed by atoms with van der Waals surface area (Å²) < 4.78 is 18.5. The number of methoxy groups -OCH3 is 1. The highest BCUT2D eigenvalue weighted by Crippen LogP contribution is 2.30. The van der Waals surface area contributed by atoms with Gasteiger partial charge in [-0.05, 0) is 25.5 Å². The molecule has 1 heterocycles. The highest BCUT2D eigenvalue weighted by atomic mass is 32.2. The van der Waals surface area contributed by atoms with Crippen molar-refractivity contribution in [2.45, 2.75) is 19.4 Å². The first-order valence-electron chi connectivity index (χ1n) is 6.15. The largest absolute Gasteiger partial charge is 0.494 e. The third-order valence-electron chi connectivity index (χ3n) is 3.19. The third-order valence-corrected chi connectivity index (χ3v) is 4.00. The number of hydrogen-bond donors (Lipinski definition) is 1. The van der Waals surface area contributed by atoms with Crippen LogP contribution >= 0.6 is 0 Å². The maximum atomic E-state index is 11.2. The van der Waals surface area contributed by atoms with Crippen LogP contribution in [0.1, 0.15) is 19.4 Å². The molecule has 1 aromatic carbocycles. The molecule has 0 aliphatic heterocycles. The second-order valence-electron chi connectivity index (χ2n) is 4.58. The number of ether oxygens (including phenoxy) is 1. The molecule has 0 aliphatic carbocycles. The molecule has 0 fully saturated rings. The molecule has 0 spiro atoms. The van der Waals surface area contributed by atoms with Gasteiger partial charge < -0.3 is 15.0 Å². The molecular weight excluding hydrogens is 262 g/mol. The minimum Gasteiger partial charge on any atom is -0.494 e. The Labute approximate surface area is 115 Å². The Hall–Kier alpha value is -1.56. The van der Waals surface area contributed by atoms with Crippen molar-refractivity contribution in [3.63, 3.8) is 0 Å². The van der Waals surface area contributed by atoms with E-state index in [0.29, 0.717) is 17.5 Å². The molecule has 0 saturated carbocycles. The van der Waals surface area contributed by atoms with Gasteiger partial charge in [0.1, 0.15) is 11.3 Å². The molecule has 0 bridgehead atoms. The Kier molecular flexibility index (Phi) is 4.09. The SMILES string of the molecule is COc1cccc2c1nc(N)n2C(C)CCS(C)=O. The molecule has 2 atom stereocenters. The second kappa shape index (κ2) is 5.61. The van der Waals surface area contributed by atoms with Crippen LogP contribution in [0.2, 0.25) is 0 Å². The third kappa shape index (κ3) is 2.73. The predicted molar refractivity (Wildman–Crippen MR) is 79.0 cm³/mol. The van der Waals surface area contributed by atoms with Crippen LogP contribution in [-0.4, -0.2) is 32.9 Å². The van der Waals surface area contributed by atoms with Crippen LogP contribution in [0.5, 0.6) is 5.75 Å². The first-order chi connectivity index (χ1) is 9.04. The van der Waals surface area contributed by atoms with Gasteiger partial charge in [0, 0.05) is 28.9 Å². The topological polar surface area (TPSA) is 70.1 Å². The Morgan fingerprint density at radius 2 is 2.26 bits per heavy atom. The van der Waals surface area contributed by atoms with Gasteiger partial charge in [0.05, 0.1) is 12.6 Å². The van der Waals surface area contributed by atoms with Crippen LogP contribution in [0.4, 0.5) is 5.95 Å². The minimum atomic E-state index is -0.793. The number of nitrogens with zero attached hydrogens (tertiary/aromatic N) is 2. The summed E-state index contributed by atoms with van der Waals surface area (Å²) >= 11 is 0. The Bertz CT molecular complexity index is 609. The summed E-state index contributed by atoms with van der Waals surface area (Å²) in [7, 11) is 0.825.